The molecule has 0 aliphatic carbocycles. The number of nitrogens with two attached hydrogens (primary N) is 1. The number of hydrogen-bond acceptors (Lipinski definition) is 4. The van der Waals surface area contributed by atoms with Gasteiger partial charge in [-0.2, -0.15) is 0 Å². The summed E-state index contributed by atoms with van der Waals surface area (Å²) in [5.74, 6) is -0.0166. The molecule has 0 amide bonds. The van der Waals surface area contributed by atoms with Crippen LogP contribution in [-0.4, -0.2) is 41.1 Å². The van der Waals surface area contributed by atoms with E-state index >= 15 is 0 Å². The third kappa shape index (κ3) is 11.8. The summed E-state index contributed by atoms with van der Waals surface area (Å²) in [5, 5.41) is 4.79. The minimum absolute atomic E-state index is 0.0166. The summed E-state index contributed by atoms with van der Waals surface area (Å²) in [5.41, 5.74) is 0. The van der Waals surface area contributed by atoms with Crippen molar-refractivity contribution in [2.75, 3.05) is 32.7 Å². The topological polar surface area (TPSA) is 78.6 Å². The maximum Gasteiger partial charge on any atom is 0.209 e. The first-order chi connectivity index (χ1) is 6.06. The standard InChI is InChI=1S/C7H17NO4S/c1-11-4-2-5-12-6-3-7-13(8,9)10/h2-7H2,1H3,(H2,8,9,10). The third-order valence-corrected chi connectivity index (χ3v) is 2.21. The van der Waals surface area contributed by atoms with Gasteiger partial charge in [-0.3, -0.25) is 0 Å². The van der Waals surface area contributed by atoms with Gasteiger partial charge in [-0.25, -0.2) is 13.6 Å². The molecule has 0 aromatic rings. The zero-order chi connectivity index (χ0) is 10.2. The summed E-state index contributed by atoms with van der Waals surface area (Å²) >= 11 is 0. The first kappa shape index (κ1) is 12.8. The molecule has 0 spiro atoms. The van der Waals surface area contributed by atoms with Gasteiger partial charge in [0, 0.05) is 26.9 Å². The summed E-state index contributed by atoms with van der Waals surface area (Å²) in [7, 11) is -1.70. The minimum Gasteiger partial charge on any atom is -0.385 e. The van der Waals surface area contributed by atoms with Gasteiger partial charge in [0.1, 0.15) is 0 Å². The van der Waals surface area contributed by atoms with Crippen molar-refractivity contribution in [2.45, 2.75) is 12.8 Å². The lowest BCUT2D eigenvalue weighted by molar-refractivity contribution is 0.103. The van der Waals surface area contributed by atoms with Gasteiger partial charge >= 0.3 is 0 Å². The second kappa shape index (κ2) is 7.25. The molecule has 0 bridgehead atoms. The number of methoxy groups -OCH3 is 1. The van der Waals surface area contributed by atoms with Gasteiger partial charge in [-0.15, -0.1) is 0 Å². The lowest BCUT2D eigenvalue weighted by atomic mass is 10.5. The van der Waals surface area contributed by atoms with E-state index in [1.165, 1.54) is 0 Å². The molecule has 0 aromatic carbocycles. The molecule has 0 aliphatic rings. The summed E-state index contributed by atoms with van der Waals surface area (Å²) in [4.78, 5) is 0. The van der Waals surface area contributed by atoms with Crippen molar-refractivity contribution in [2.24, 2.45) is 5.14 Å². The van der Waals surface area contributed by atoms with Crippen LogP contribution in [0, 0.1) is 0 Å². The van der Waals surface area contributed by atoms with E-state index in [2.05, 4.69) is 0 Å². The molecule has 0 saturated heterocycles. The highest BCUT2D eigenvalue weighted by atomic mass is 32.2. The van der Waals surface area contributed by atoms with E-state index in [1.54, 1.807) is 7.11 Å². The van der Waals surface area contributed by atoms with E-state index in [-0.39, 0.29) is 5.75 Å². The molecule has 2 N–H and O–H groups in total. The number of ether oxygens (including phenoxy) is 2. The summed E-state index contributed by atoms with van der Waals surface area (Å²) in [6.07, 6.45) is 1.28. The monoisotopic (exact) mass is 211 g/mol. The Balaban J connectivity index is 3.09. The molecule has 0 saturated carbocycles. The van der Waals surface area contributed by atoms with Crippen molar-refractivity contribution in [3.63, 3.8) is 0 Å². The molecule has 5 nitrogen and oxygen atoms in total. The van der Waals surface area contributed by atoms with Crippen molar-refractivity contribution in [1.82, 2.24) is 0 Å². The Labute approximate surface area is 79.3 Å². The Morgan fingerprint density at radius 2 is 1.77 bits per heavy atom. The van der Waals surface area contributed by atoms with Crippen LogP contribution in [-0.2, 0) is 19.5 Å². The molecule has 6 heteroatoms. The third-order valence-electron chi connectivity index (χ3n) is 1.35. The van der Waals surface area contributed by atoms with Crippen LogP contribution in [0.15, 0.2) is 0 Å². The van der Waals surface area contributed by atoms with Crippen molar-refractivity contribution >= 4 is 10.0 Å². The minimum atomic E-state index is -3.33. The quantitative estimate of drug-likeness (QED) is 0.560. The Hall–Kier alpha value is -0.170. The predicted octanol–water partition coefficient (Wildman–Crippen LogP) is -0.282. The highest BCUT2D eigenvalue weighted by Crippen LogP contribution is 1.89. The maximum atomic E-state index is 10.5. The lowest BCUT2D eigenvalue weighted by Crippen LogP contribution is -2.17. The zero-order valence-corrected chi connectivity index (χ0v) is 8.68. The van der Waals surface area contributed by atoms with E-state index < -0.39 is 10.0 Å². The smallest absolute Gasteiger partial charge is 0.209 e. The van der Waals surface area contributed by atoms with Gasteiger partial charge < -0.3 is 9.47 Å². The fraction of sp³-hybridized carbons (Fsp3) is 1.00. The van der Waals surface area contributed by atoms with Crippen molar-refractivity contribution in [3.8, 4) is 0 Å². The molecular formula is C7H17NO4S. The molecule has 0 aliphatic heterocycles. The zero-order valence-electron chi connectivity index (χ0n) is 7.86. The molecule has 0 radical (unpaired) electrons. The van der Waals surface area contributed by atoms with Crippen molar-refractivity contribution in [1.29, 1.82) is 0 Å². The first-order valence-corrected chi connectivity index (χ1v) is 5.85. The van der Waals surface area contributed by atoms with E-state index in [4.69, 9.17) is 14.6 Å². The summed E-state index contributed by atoms with van der Waals surface area (Å²) < 4.78 is 30.9. The van der Waals surface area contributed by atoms with Gasteiger partial charge in [-0.1, -0.05) is 0 Å². The predicted molar refractivity (Wildman–Crippen MR) is 49.9 cm³/mol. The van der Waals surface area contributed by atoms with Crippen LogP contribution in [0.3, 0.4) is 0 Å². The van der Waals surface area contributed by atoms with Gasteiger partial charge in [-0.05, 0) is 12.8 Å². The van der Waals surface area contributed by atoms with Crippen LogP contribution in [0.4, 0.5) is 0 Å². The molecule has 0 fully saturated rings. The average Bonchev–Trinajstić information content (AvgIpc) is 2.01. The molecular weight excluding hydrogens is 194 g/mol. The lowest BCUT2D eigenvalue weighted by Gasteiger charge is -2.02. The van der Waals surface area contributed by atoms with E-state index in [1.807, 2.05) is 0 Å². The molecule has 80 valence electrons. The highest BCUT2D eigenvalue weighted by molar-refractivity contribution is 7.89. The van der Waals surface area contributed by atoms with Crippen LogP contribution < -0.4 is 5.14 Å². The van der Waals surface area contributed by atoms with Crippen molar-refractivity contribution in [3.05, 3.63) is 0 Å². The SMILES string of the molecule is COCCCOCCCS(N)(=O)=O. The van der Waals surface area contributed by atoms with Gasteiger partial charge in [0.2, 0.25) is 10.0 Å². The van der Waals surface area contributed by atoms with E-state index in [0.29, 0.717) is 26.2 Å². The van der Waals surface area contributed by atoms with Crippen molar-refractivity contribution < 1.29 is 17.9 Å². The molecule has 0 unspecified atom stereocenters. The Morgan fingerprint density at radius 1 is 1.15 bits per heavy atom. The Bertz CT molecular complexity index is 203. The van der Waals surface area contributed by atoms with Gasteiger partial charge in [0.15, 0.2) is 0 Å². The fourth-order valence-corrected chi connectivity index (χ4v) is 1.29. The average molecular weight is 211 g/mol. The summed E-state index contributed by atoms with van der Waals surface area (Å²) in [6.45, 7) is 1.69. The Morgan fingerprint density at radius 3 is 2.31 bits per heavy atom. The van der Waals surface area contributed by atoms with Crippen LogP contribution >= 0.6 is 0 Å². The second-order valence-corrected chi connectivity index (χ2v) is 4.41. The molecule has 13 heavy (non-hydrogen) atoms. The Kier molecular flexibility index (Phi) is 7.16. The molecule has 0 atom stereocenters. The van der Waals surface area contributed by atoms with E-state index in [0.717, 1.165) is 6.42 Å². The number of rotatable bonds is 8. The summed E-state index contributed by atoms with van der Waals surface area (Å²) in [6, 6.07) is 0. The second-order valence-electron chi connectivity index (χ2n) is 2.68. The van der Waals surface area contributed by atoms with Crippen LogP contribution in [0.1, 0.15) is 12.8 Å². The molecule has 0 aromatic heterocycles. The number of hydrogen-bond donors (Lipinski definition) is 1. The first-order valence-electron chi connectivity index (χ1n) is 4.13. The van der Waals surface area contributed by atoms with Crippen LogP contribution in [0.5, 0.6) is 0 Å². The maximum absolute atomic E-state index is 10.5. The normalized spacial score (nSPS) is 11.8. The van der Waals surface area contributed by atoms with Gasteiger partial charge in [0.05, 0.1) is 5.75 Å². The van der Waals surface area contributed by atoms with Crippen LogP contribution in [0.2, 0.25) is 0 Å². The van der Waals surface area contributed by atoms with E-state index in [9.17, 15) is 8.42 Å². The number of sulfonamides is 1. The van der Waals surface area contributed by atoms with Crippen LogP contribution in [0.25, 0.3) is 0 Å². The molecule has 0 rings (SSSR count). The van der Waals surface area contributed by atoms with Gasteiger partial charge in [0.25, 0.3) is 0 Å². The molecule has 0 heterocycles. The number of primary sulfonamides is 1. The largest absolute Gasteiger partial charge is 0.385 e. The fourth-order valence-electron chi connectivity index (χ4n) is 0.770. The highest BCUT2D eigenvalue weighted by Gasteiger charge is 2.00.